The molecular weight excluding hydrogens is 156 g/mol. The molecule has 2 unspecified atom stereocenters. The third-order valence-corrected chi connectivity index (χ3v) is 3.46. The lowest BCUT2D eigenvalue weighted by molar-refractivity contribution is 1.00. The standard InChI is InChI=1S/C8H6N2S/c1-2-4-8-6(3-1)7-5-9-11(8)10-7/h1-5,7H. The van der Waals surface area contributed by atoms with Crippen LogP contribution in [0.5, 0.6) is 0 Å². The largest absolute Gasteiger partial charge is 0.225 e. The van der Waals surface area contributed by atoms with Gasteiger partial charge in [0.05, 0.1) is 0 Å². The minimum absolute atomic E-state index is 0.141. The average molecular weight is 162 g/mol. The summed E-state index contributed by atoms with van der Waals surface area (Å²) in [6.45, 7) is 0. The summed E-state index contributed by atoms with van der Waals surface area (Å²) in [5, 5.41) is 0. The highest BCUT2D eigenvalue weighted by molar-refractivity contribution is 7.86. The molecular formula is C8H6N2S. The lowest BCUT2D eigenvalue weighted by Gasteiger charge is -2.04. The Morgan fingerprint density at radius 3 is 3.09 bits per heavy atom. The molecule has 0 fully saturated rings. The number of hydrogen-bond donors (Lipinski definition) is 0. The van der Waals surface area contributed by atoms with E-state index in [4.69, 9.17) is 0 Å². The molecule has 11 heavy (non-hydrogen) atoms. The summed E-state index contributed by atoms with van der Waals surface area (Å²) in [5.41, 5.74) is 1.35. The Labute approximate surface area is 67.2 Å². The topological polar surface area (TPSA) is 24.7 Å². The van der Waals surface area contributed by atoms with Crippen LogP contribution in [0.1, 0.15) is 11.6 Å². The van der Waals surface area contributed by atoms with Crippen molar-refractivity contribution in [3.63, 3.8) is 0 Å². The highest BCUT2D eigenvalue weighted by Gasteiger charge is 2.26. The van der Waals surface area contributed by atoms with E-state index in [1.54, 1.807) is 0 Å². The zero-order valence-electron chi connectivity index (χ0n) is 5.77. The fourth-order valence-corrected chi connectivity index (χ4v) is 2.91. The van der Waals surface area contributed by atoms with E-state index < -0.39 is 0 Å². The smallest absolute Gasteiger partial charge is 0.121 e. The van der Waals surface area contributed by atoms with Gasteiger partial charge in [0.15, 0.2) is 0 Å². The van der Waals surface area contributed by atoms with Gasteiger partial charge in [0.2, 0.25) is 0 Å². The molecule has 0 aliphatic carbocycles. The van der Waals surface area contributed by atoms with Crippen molar-refractivity contribution in [2.45, 2.75) is 10.9 Å². The molecule has 0 N–H and O–H groups in total. The van der Waals surface area contributed by atoms with E-state index in [-0.39, 0.29) is 16.9 Å². The van der Waals surface area contributed by atoms with Crippen molar-refractivity contribution in [1.29, 1.82) is 0 Å². The minimum atomic E-state index is -0.141. The minimum Gasteiger partial charge on any atom is -0.225 e. The molecule has 0 radical (unpaired) electrons. The summed E-state index contributed by atoms with van der Waals surface area (Å²) in [5.74, 6) is 0. The van der Waals surface area contributed by atoms with E-state index in [0.29, 0.717) is 0 Å². The van der Waals surface area contributed by atoms with E-state index in [0.717, 1.165) is 0 Å². The van der Waals surface area contributed by atoms with Crippen LogP contribution in [-0.2, 0) is 10.9 Å². The third kappa shape index (κ3) is 0.613. The summed E-state index contributed by atoms with van der Waals surface area (Å²) in [6, 6.07) is 8.65. The summed E-state index contributed by atoms with van der Waals surface area (Å²) >= 11 is 0. The summed E-state index contributed by atoms with van der Waals surface area (Å²) in [6.07, 6.45) is 1.95. The van der Waals surface area contributed by atoms with Crippen LogP contribution < -0.4 is 0 Å². The molecule has 3 rings (SSSR count). The van der Waals surface area contributed by atoms with Gasteiger partial charge in [-0.25, -0.2) is 8.76 Å². The highest BCUT2D eigenvalue weighted by atomic mass is 32.2. The van der Waals surface area contributed by atoms with Crippen LogP contribution in [-0.4, -0.2) is 6.21 Å². The maximum absolute atomic E-state index is 4.47. The van der Waals surface area contributed by atoms with Crippen molar-refractivity contribution < 1.29 is 0 Å². The molecule has 2 aliphatic rings. The molecule has 0 saturated heterocycles. The average Bonchev–Trinajstić information content (AvgIpc) is 2.64. The fraction of sp³-hybridized carbons (Fsp3) is 0.125. The molecule has 2 heterocycles. The van der Waals surface area contributed by atoms with Crippen LogP contribution in [0.4, 0.5) is 0 Å². The molecule has 0 amide bonds. The van der Waals surface area contributed by atoms with Crippen LogP contribution >= 0.6 is 0 Å². The van der Waals surface area contributed by atoms with E-state index in [9.17, 15) is 0 Å². The Kier molecular flexibility index (Phi) is 0.924. The van der Waals surface area contributed by atoms with Crippen LogP contribution in [0.25, 0.3) is 0 Å². The predicted molar refractivity (Wildman–Crippen MR) is 45.7 cm³/mol. The molecule has 2 bridgehead atoms. The number of nitrogens with zero attached hydrogens (tertiary/aromatic N) is 2. The molecule has 2 nitrogen and oxygen atoms in total. The normalized spacial score (nSPS) is 30.2. The van der Waals surface area contributed by atoms with Crippen LogP contribution in [0.15, 0.2) is 37.9 Å². The Hall–Kier alpha value is -0.960. The Morgan fingerprint density at radius 1 is 1.27 bits per heavy atom. The Bertz CT molecular complexity index is 381. The van der Waals surface area contributed by atoms with Crippen molar-refractivity contribution in [3.8, 4) is 0 Å². The molecule has 0 aromatic heterocycles. The lowest BCUT2D eigenvalue weighted by Crippen LogP contribution is -1.96. The zero-order chi connectivity index (χ0) is 7.26. The van der Waals surface area contributed by atoms with Crippen molar-refractivity contribution >= 4 is 17.1 Å². The predicted octanol–water partition coefficient (Wildman–Crippen LogP) is 1.90. The SMILES string of the molecule is C1=NS2=NC1c1ccccc12. The second-order valence-electron chi connectivity index (χ2n) is 2.61. The van der Waals surface area contributed by atoms with Gasteiger partial charge in [0.1, 0.15) is 6.04 Å². The van der Waals surface area contributed by atoms with Crippen LogP contribution in [0.3, 0.4) is 0 Å². The fourth-order valence-electron chi connectivity index (χ4n) is 1.42. The van der Waals surface area contributed by atoms with Gasteiger partial charge < -0.3 is 0 Å². The third-order valence-electron chi connectivity index (χ3n) is 1.95. The zero-order valence-corrected chi connectivity index (χ0v) is 6.58. The molecule has 54 valence electrons. The number of hydrogen-bond acceptors (Lipinski definition) is 2. The van der Waals surface area contributed by atoms with Crippen molar-refractivity contribution in [3.05, 3.63) is 29.8 Å². The van der Waals surface area contributed by atoms with E-state index >= 15 is 0 Å². The molecule has 2 aliphatic heterocycles. The monoisotopic (exact) mass is 162 g/mol. The van der Waals surface area contributed by atoms with Crippen molar-refractivity contribution in [1.82, 2.24) is 0 Å². The van der Waals surface area contributed by atoms with Gasteiger partial charge in [-0.2, -0.15) is 0 Å². The highest BCUT2D eigenvalue weighted by Crippen LogP contribution is 2.36. The van der Waals surface area contributed by atoms with Gasteiger partial charge in [-0.05, 0) is 11.6 Å². The van der Waals surface area contributed by atoms with E-state index in [2.05, 4.69) is 33.0 Å². The first-order valence-electron chi connectivity index (χ1n) is 3.54. The molecule has 0 spiro atoms. The first-order chi connectivity index (χ1) is 5.45. The van der Waals surface area contributed by atoms with Crippen molar-refractivity contribution in [2.24, 2.45) is 8.76 Å². The number of fused-ring (bicyclic) bond motifs is 4. The molecule has 2 atom stereocenters. The van der Waals surface area contributed by atoms with Crippen LogP contribution in [0.2, 0.25) is 0 Å². The second-order valence-corrected chi connectivity index (χ2v) is 4.00. The van der Waals surface area contributed by atoms with Crippen molar-refractivity contribution in [2.75, 3.05) is 0 Å². The molecule has 3 heteroatoms. The Balaban J connectivity index is 2.34. The van der Waals surface area contributed by atoms with Gasteiger partial charge in [0, 0.05) is 22.0 Å². The van der Waals surface area contributed by atoms with Gasteiger partial charge >= 0.3 is 0 Å². The van der Waals surface area contributed by atoms with Crippen LogP contribution in [0, 0.1) is 0 Å². The lowest BCUT2D eigenvalue weighted by atomic mass is 10.1. The van der Waals surface area contributed by atoms with Gasteiger partial charge in [0.25, 0.3) is 0 Å². The molecule has 0 saturated carbocycles. The molecule has 1 aromatic carbocycles. The maximum Gasteiger partial charge on any atom is 0.121 e. The summed E-state index contributed by atoms with van der Waals surface area (Å²) < 4.78 is 8.75. The maximum atomic E-state index is 4.47. The number of rotatable bonds is 0. The Morgan fingerprint density at radius 2 is 2.18 bits per heavy atom. The second kappa shape index (κ2) is 1.80. The summed E-state index contributed by atoms with van der Waals surface area (Å²) in [4.78, 5) is 1.32. The molecule has 1 aromatic rings. The summed E-state index contributed by atoms with van der Waals surface area (Å²) in [7, 11) is -0.141. The number of benzene rings is 1. The van der Waals surface area contributed by atoms with E-state index in [1.807, 2.05) is 6.21 Å². The van der Waals surface area contributed by atoms with Gasteiger partial charge in [-0.3, -0.25) is 0 Å². The van der Waals surface area contributed by atoms with Gasteiger partial charge in [-0.15, -0.1) is 0 Å². The van der Waals surface area contributed by atoms with E-state index in [1.165, 1.54) is 10.5 Å². The first-order valence-corrected chi connectivity index (χ1v) is 4.67. The van der Waals surface area contributed by atoms with Gasteiger partial charge in [-0.1, -0.05) is 18.2 Å². The first kappa shape index (κ1) is 5.66. The quantitative estimate of drug-likeness (QED) is 0.556.